The van der Waals surface area contributed by atoms with Crippen LogP contribution in [-0.4, -0.2) is 55.6 Å². The molecule has 20 heavy (non-hydrogen) atoms. The van der Waals surface area contributed by atoms with Gasteiger partial charge in [0.25, 0.3) is 0 Å². The Morgan fingerprint density at radius 3 is 2.80 bits per heavy atom. The summed E-state index contributed by atoms with van der Waals surface area (Å²) in [5, 5.41) is 10.1. The molecule has 1 aromatic carbocycles. The Labute approximate surface area is 121 Å². The van der Waals surface area contributed by atoms with E-state index in [0.717, 1.165) is 25.3 Å². The van der Waals surface area contributed by atoms with Crippen LogP contribution in [0, 0.1) is 6.92 Å². The predicted octanol–water partition coefficient (Wildman–Crippen LogP) is 1.85. The van der Waals surface area contributed by atoms with Gasteiger partial charge in [0, 0.05) is 19.7 Å². The molecule has 2 rings (SSSR count). The van der Waals surface area contributed by atoms with E-state index in [0.29, 0.717) is 19.2 Å². The molecule has 4 nitrogen and oxygen atoms in total. The summed E-state index contributed by atoms with van der Waals surface area (Å²) in [5.74, 6) is 0.810. The van der Waals surface area contributed by atoms with Crippen molar-refractivity contribution in [3.8, 4) is 5.75 Å². The fourth-order valence-electron chi connectivity index (χ4n) is 2.67. The molecule has 2 unspecified atom stereocenters. The van der Waals surface area contributed by atoms with Crippen LogP contribution in [0.3, 0.4) is 0 Å². The lowest BCUT2D eigenvalue weighted by Gasteiger charge is -2.26. The van der Waals surface area contributed by atoms with Crippen LogP contribution >= 0.6 is 0 Å². The number of hydrogen-bond donors (Lipinski definition) is 1. The molecule has 1 fully saturated rings. The average Bonchev–Trinajstić information content (AvgIpc) is 2.86. The number of benzene rings is 1. The Kier molecular flexibility index (Phi) is 5.83. The predicted molar refractivity (Wildman–Crippen MR) is 79.2 cm³/mol. The molecule has 1 heterocycles. The van der Waals surface area contributed by atoms with E-state index in [1.807, 2.05) is 31.2 Å². The number of likely N-dealkylation sites (tertiary alicyclic amines) is 1. The lowest BCUT2D eigenvalue weighted by molar-refractivity contribution is 0.0459. The van der Waals surface area contributed by atoms with Gasteiger partial charge in [-0.15, -0.1) is 0 Å². The third kappa shape index (κ3) is 4.47. The SMILES string of the molecule is COCC1CCCN1CC(O)COc1ccc(C)cc1. The molecular formula is C16H25NO3. The van der Waals surface area contributed by atoms with Gasteiger partial charge in [0.1, 0.15) is 18.5 Å². The van der Waals surface area contributed by atoms with Crippen molar-refractivity contribution in [1.82, 2.24) is 4.90 Å². The zero-order valence-corrected chi connectivity index (χ0v) is 12.4. The van der Waals surface area contributed by atoms with E-state index in [1.165, 1.54) is 12.0 Å². The van der Waals surface area contributed by atoms with Crippen LogP contribution in [-0.2, 0) is 4.74 Å². The third-order valence-electron chi connectivity index (χ3n) is 3.77. The summed E-state index contributed by atoms with van der Waals surface area (Å²) in [4.78, 5) is 2.30. The molecule has 0 spiro atoms. The molecule has 0 amide bonds. The standard InChI is InChI=1S/C16H25NO3/c1-13-5-7-16(8-6-13)20-12-15(18)10-17-9-3-4-14(17)11-19-2/h5-8,14-15,18H,3-4,9-12H2,1-2H3. The Morgan fingerprint density at radius 2 is 2.10 bits per heavy atom. The van der Waals surface area contributed by atoms with Crippen LogP contribution in [0.25, 0.3) is 0 Å². The topological polar surface area (TPSA) is 41.9 Å². The first-order chi connectivity index (χ1) is 9.69. The highest BCUT2D eigenvalue weighted by atomic mass is 16.5. The Balaban J connectivity index is 1.74. The van der Waals surface area contributed by atoms with Gasteiger partial charge in [-0.2, -0.15) is 0 Å². The van der Waals surface area contributed by atoms with Gasteiger partial charge >= 0.3 is 0 Å². The van der Waals surface area contributed by atoms with Crippen LogP contribution in [0.1, 0.15) is 18.4 Å². The Morgan fingerprint density at radius 1 is 1.35 bits per heavy atom. The van der Waals surface area contributed by atoms with Gasteiger partial charge in [0.05, 0.1) is 6.61 Å². The molecule has 2 atom stereocenters. The highest BCUT2D eigenvalue weighted by molar-refractivity contribution is 5.26. The van der Waals surface area contributed by atoms with Crippen LogP contribution in [0.4, 0.5) is 0 Å². The highest BCUT2D eigenvalue weighted by Gasteiger charge is 2.26. The molecule has 0 aromatic heterocycles. The summed E-state index contributed by atoms with van der Waals surface area (Å²) >= 11 is 0. The van der Waals surface area contributed by atoms with Gasteiger partial charge in [0.2, 0.25) is 0 Å². The first-order valence-corrected chi connectivity index (χ1v) is 7.29. The number of hydrogen-bond acceptors (Lipinski definition) is 4. The minimum absolute atomic E-state index is 0.333. The number of ether oxygens (including phenoxy) is 2. The molecule has 1 aliphatic heterocycles. The summed E-state index contributed by atoms with van der Waals surface area (Å²) < 4.78 is 10.8. The average molecular weight is 279 g/mol. The van der Waals surface area contributed by atoms with Crippen molar-refractivity contribution < 1.29 is 14.6 Å². The van der Waals surface area contributed by atoms with E-state index in [1.54, 1.807) is 7.11 Å². The van der Waals surface area contributed by atoms with Gasteiger partial charge in [0.15, 0.2) is 0 Å². The van der Waals surface area contributed by atoms with E-state index in [-0.39, 0.29) is 0 Å². The molecule has 112 valence electrons. The second kappa shape index (κ2) is 7.62. The van der Waals surface area contributed by atoms with Crippen molar-refractivity contribution in [1.29, 1.82) is 0 Å². The molecule has 0 bridgehead atoms. The normalized spacial score (nSPS) is 21.1. The molecule has 1 aliphatic rings. The fourth-order valence-corrected chi connectivity index (χ4v) is 2.67. The number of aliphatic hydroxyl groups excluding tert-OH is 1. The summed E-state index contributed by atoms with van der Waals surface area (Å²) in [6.45, 7) is 4.81. The molecule has 1 saturated heterocycles. The van der Waals surface area contributed by atoms with Crippen molar-refractivity contribution in [3.63, 3.8) is 0 Å². The van der Waals surface area contributed by atoms with Crippen LogP contribution in [0.2, 0.25) is 0 Å². The number of β-amino-alcohol motifs (C(OH)–C–C–N with tert-alkyl or cyclic N) is 1. The van der Waals surface area contributed by atoms with Crippen molar-refractivity contribution >= 4 is 0 Å². The second-order valence-corrected chi connectivity index (χ2v) is 5.52. The van der Waals surface area contributed by atoms with Gasteiger partial charge < -0.3 is 14.6 Å². The number of aliphatic hydroxyl groups is 1. The quantitative estimate of drug-likeness (QED) is 0.827. The number of aryl methyl sites for hydroxylation is 1. The second-order valence-electron chi connectivity index (χ2n) is 5.52. The van der Waals surface area contributed by atoms with E-state index in [9.17, 15) is 5.11 Å². The lowest BCUT2D eigenvalue weighted by atomic mass is 10.2. The van der Waals surface area contributed by atoms with Gasteiger partial charge in [-0.05, 0) is 38.4 Å². The largest absolute Gasteiger partial charge is 0.491 e. The summed E-state index contributed by atoms with van der Waals surface area (Å²) in [6.07, 6.45) is 1.87. The van der Waals surface area contributed by atoms with Crippen molar-refractivity contribution in [2.45, 2.75) is 31.9 Å². The number of methoxy groups -OCH3 is 1. The molecule has 0 aliphatic carbocycles. The van der Waals surface area contributed by atoms with E-state index >= 15 is 0 Å². The van der Waals surface area contributed by atoms with Crippen LogP contribution < -0.4 is 4.74 Å². The minimum Gasteiger partial charge on any atom is -0.491 e. The van der Waals surface area contributed by atoms with E-state index in [4.69, 9.17) is 9.47 Å². The van der Waals surface area contributed by atoms with Gasteiger partial charge in [-0.25, -0.2) is 0 Å². The van der Waals surface area contributed by atoms with E-state index in [2.05, 4.69) is 4.90 Å². The van der Waals surface area contributed by atoms with Gasteiger partial charge in [-0.3, -0.25) is 4.90 Å². The Bertz CT molecular complexity index is 393. The maximum Gasteiger partial charge on any atom is 0.119 e. The lowest BCUT2D eigenvalue weighted by Crippen LogP contribution is -2.40. The van der Waals surface area contributed by atoms with Crippen LogP contribution in [0.5, 0.6) is 5.75 Å². The molecule has 4 heteroatoms. The summed E-state index contributed by atoms with van der Waals surface area (Å²) in [5.41, 5.74) is 1.21. The van der Waals surface area contributed by atoms with Crippen molar-refractivity contribution in [2.24, 2.45) is 0 Å². The zero-order valence-electron chi connectivity index (χ0n) is 12.4. The van der Waals surface area contributed by atoms with E-state index < -0.39 is 6.10 Å². The van der Waals surface area contributed by atoms with Gasteiger partial charge in [-0.1, -0.05) is 17.7 Å². The molecule has 0 radical (unpaired) electrons. The first kappa shape index (κ1) is 15.3. The minimum atomic E-state index is -0.464. The zero-order chi connectivity index (χ0) is 14.4. The summed E-state index contributed by atoms with van der Waals surface area (Å²) in [7, 11) is 1.73. The first-order valence-electron chi connectivity index (χ1n) is 7.29. The smallest absolute Gasteiger partial charge is 0.119 e. The maximum atomic E-state index is 10.1. The maximum absolute atomic E-state index is 10.1. The van der Waals surface area contributed by atoms with Crippen molar-refractivity contribution in [3.05, 3.63) is 29.8 Å². The highest BCUT2D eigenvalue weighted by Crippen LogP contribution is 2.18. The molecule has 1 N–H and O–H groups in total. The number of rotatable bonds is 7. The summed E-state index contributed by atoms with van der Waals surface area (Å²) in [6, 6.07) is 8.33. The molecule has 0 saturated carbocycles. The Hall–Kier alpha value is -1.10. The van der Waals surface area contributed by atoms with Crippen LogP contribution in [0.15, 0.2) is 24.3 Å². The van der Waals surface area contributed by atoms with Crippen molar-refractivity contribution in [2.75, 3.05) is 33.4 Å². The fraction of sp³-hybridized carbons (Fsp3) is 0.625. The molecular weight excluding hydrogens is 254 g/mol. The number of nitrogens with zero attached hydrogens (tertiary/aromatic N) is 1. The monoisotopic (exact) mass is 279 g/mol. The molecule has 1 aromatic rings. The third-order valence-corrected chi connectivity index (χ3v) is 3.77.